The number of hydrogen-bond donors (Lipinski definition) is 2. The summed E-state index contributed by atoms with van der Waals surface area (Å²) in [6.07, 6.45) is 2.66. The van der Waals surface area contributed by atoms with E-state index in [1.807, 2.05) is 29.8 Å². The molecular formula is C22H20ClFN3O3S+. The van der Waals surface area contributed by atoms with Crippen LogP contribution in [0.4, 0.5) is 15.8 Å². The molecule has 3 N–H and O–H groups in total. The van der Waals surface area contributed by atoms with E-state index in [-0.39, 0.29) is 28.6 Å². The Morgan fingerprint density at radius 3 is 2.71 bits per heavy atom. The maximum Gasteiger partial charge on any atom is 0.291 e. The highest BCUT2D eigenvalue weighted by atomic mass is 35.5. The van der Waals surface area contributed by atoms with Crippen molar-refractivity contribution in [2.75, 3.05) is 22.2 Å². The second-order valence-electron chi connectivity index (χ2n) is 8.09. The molecule has 3 heterocycles. The van der Waals surface area contributed by atoms with Crippen molar-refractivity contribution in [1.29, 1.82) is 0 Å². The van der Waals surface area contributed by atoms with Gasteiger partial charge in [-0.05, 0) is 36.3 Å². The highest BCUT2D eigenvalue weighted by molar-refractivity contribution is 7.98. The minimum Gasteiger partial charge on any atom is -0.326 e. The van der Waals surface area contributed by atoms with Gasteiger partial charge in [0.2, 0.25) is 17.4 Å². The standard InChI is InChI=1S/C22H19ClFN3O3S/c1-31-9-8-16-17-18(22(26-16)12-4-2-3-5-15(12)25-21(22)30)20(29)27(19(17)28)11-6-7-14(24)13(23)10-11/h2-7,10,16-18,26H,8-9H2,1H3,(H,25,30)/p+1/t16-,17-,18-,22+/m1/s1. The van der Waals surface area contributed by atoms with Gasteiger partial charge in [-0.3, -0.25) is 14.4 Å². The Morgan fingerprint density at radius 2 is 1.97 bits per heavy atom. The molecule has 0 radical (unpaired) electrons. The summed E-state index contributed by atoms with van der Waals surface area (Å²) in [5, 5.41) is 4.65. The Bertz CT molecular complexity index is 1130. The fourth-order valence-electron chi connectivity index (χ4n) is 5.32. The van der Waals surface area contributed by atoms with Crippen molar-refractivity contribution in [3.63, 3.8) is 0 Å². The second-order valence-corrected chi connectivity index (χ2v) is 9.49. The average molecular weight is 461 g/mol. The number of nitrogens with zero attached hydrogens (tertiary/aromatic N) is 1. The lowest BCUT2D eigenvalue weighted by molar-refractivity contribution is -0.733. The molecule has 0 aromatic heterocycles. The van der Waals surface area contributed by atoms with E-state index >= 15 is 0 Å². The number of nitrogens with one attached hydrogen (secondary N) is 1. The number of carbonyl (C=O) groups excluding carboxylic acids is 3. The van der Waals surface area contributed by atoms with Crippen LogP contribution in [0.15, 0.2) is 42.5 Å². The SMILES string of the molecule is CSCC[C@H]1[NH2+][C@]2(C(=O)Nc3ccccc32)[C@H]2C(=O)N(c3ccc(F)c(Cl)c3)C(=O)[C@H]12. The normalized spacial score (nSPS) is 28.9. The van der Waals surface area contributed by atoms with Gasteiger partial charge in [-0.15, -0.1) is 0 Å². The van der Waals surface area contributed by atoms with E-state index in [9.17, 15) is 18.8 Å². The Kier molecular flexibility index (Phi) is 4.84. The number of para-hydroxylation sites is 1. The second kappa shape index (κ2) is 7.32. The maximum absolute atomic E-state index is 13.7. The summed E-state index contributed by atoms with van der Waals surface area (Å²) >= 11 is 7.57. The third-order valence-corrected chi connectivity index (χ3v) is 7.53. The van der Waals surface area contributed by atoms with E-state index in [4.69, 9.17) is 11.6 Å². The first-order chi connectivity index (χ1) is 14.9. The fourth-order valence-corrected chi connectivity index (χ4v) is 6.00. The van der Waals surface area contributed by atoms with E-state index in [0.29, 0.717) is 12.1 Å². The molecule has 2 aromatic carbocycles. The molecule has 9 heteroatoms. The minimum absolute atomic E-state index is 0.167. The van der Waals surface area contributed by atoms with Crippen LogP contribution in [-0.2, 0) is 19.9 Å². The number of quaternary nitrogens is 1. The first-order valence-electron chi connectivity index (χ1n) is 9.99. The van der Waals surface area contributed by atoms with Gasteiger partial charge in [0.1, 0.15) is 23.7 Å². The van der Waals surface area contributed by atoms with Gasteiger partial charge in [0.15, 0.2) is 0 Å². The molecule has 6 nitrogen and oxygen atoms in total. The molecule has 0 aliphatic carbocycles. The Morgan fingerprint density at radius 1 is 1.19 bits per heavy atom. The average Bonchev–Trinajstić information content (AvgIpc) is 3.33. The van der Waals surface area contributed by atoms with Crippen LogP contribution in [0.1, 0.15) is 12.0 Å². The molecule has 5 rings (SSSR count). The molecule has 160 valence electrons. The van der Waals surface area contributed by atoms with E-state index in [1.165, 1.54) is 12.1 Å². The van der Waals surface area contributed by atoms with Gasteiger partial charge in [-0.2, -0.15) is 11.8 Å². The Hall–Kier alpha value is -2.42. The van der Waals surface area contributed by atoms with Gasteiger partial charge < -0.3 is 10.6 Å². The Labute approximate surface area is 187 Å². The first-order valence-corrected chi connectivity index (χ1v) is 11.8. The van der Waals surface area contributed by atoms with E-state index < -0.39 is 29.1 Å². The van der Waals surface area contributed by atoms with Crippen molar-refractivity contribution in [3.8, 4) is 0 Å². The van der Waals surface area contributed by atoms with Crippen molar-refractivity contribution >= 4 is 52.5 Å². The minimum atomic E-state index is -1.20. The molecule has 1 spiro atoms. The number of imide groups is 1. The molecule has 0 saturated carbocycles. The molecule has 3 amide bonds. The summed E-state index contributed by atoms with van der Waals surface area (Å²) in [5.74, 6) is -2.43. The number of nitrogens with two attached hydrogens (primary N) is 1. The molecule has 0 bridgehead atoms. The maximum atomic E-state index is 13.7. The van der Waals surface area contributed by atoms with Crippen LogP contribution in [0.2, 0.25) is 5.02 Å². The number of anilines is 2. The number of halogens is 2. The largest absolute Gasteiger partial charge is 0.326 e. The summed E-state index contributed by atoms with van der Waals surface area (Å²) < 4.78 is 13.7. The van der Waals surface area contributed by atoms with Gasteiger partial charge in [0.05, 0.1) is 16.4 Å². The van der Waals surface area contributed by atoms with Gasteiger partial charge >= 0.3 is 0 Å². The third kappa shape index (κ3) is 2.78. The van der Waals surface area contributed by atoms with Gasteiger partial charge in [-0.1, -0.05) is 29.8 Å². The van der Waals surface area contributed by atoms with Crippen molar-refractivity contribution in [1.82, 2.24) is 0 Å². The number of benzene rings is 2. The summed E-state index contributed by atoms with van der Waals surface area (Å²) in [4.78, 5) is 41.6. The zero-order valence-electron chi connectivity index (χ0n) is 16.6. The molecule has 0 unspecified atom stereocenters. The summed E-state index contributed by atoms with van der Waals surface area (Å²) in [7, 11) is 0. The fraction of sp³-hybridized carbons (Fsp3) is 0.318. The zero-order chi connectivity index (χ0) is 21.9. The number of rotatable bonds is 4. The lowest BCUT2D eigenvalue weighted by atomic mass is 9.76. The molecular weight excluding hydrogens is 441 g/mol. The third-order valence-electron chi connectivity index (χ3n) is 6.59. The predicted octanol–water partition coefficient (Wildman–Crippen LogP) is 2.13. The van der Waals surface area contributed by atoms with Crippen LogP contribution in [0, 0.1) is 17.7 Å². The van der Waals surface area contributed by atoms with Crippen LogP contribution in [0.25, 0.3) is 0 Å². The summed E-state index contributed by atoms with van der Waals surface area (Å²) in [5.41, 5.74) is 0.412. The number of amides is 3. The number of thioether (sulfide) groups is 1. The van der Waals surface area contributed by atoms with E-state index in [2.05, 4.69) is 5.32 Å². The quantitative estimate of drug-likeness (QED) is 0.685. The van der Waals surface area contributed by atoms with E-state index in [0.717, 1.165) is 22.3 Å². The van der Waals surface area contributed by atoms with Crippen LogP contribution in [0.3, 0.4) is 0 Å². The van der Waals surface area contributed by atoms with Crippen LogP contribution in [-0.4, -0.2) is 35.8 Å². The number of hydrogen-bond acceptors (Lipinski definition) is 4. The number of fused-ring (bicyclic) bond motifs is 4. The van der Waals surface area contributed by atoms with Crippen LogP contribution >= 0.6 is 23.4 Å². The highest BCUT2D eigenvalue weighted by Gasteiger charge is 2.74. The smallest absolute Gasteiger partial charge is 0.291 e. The summed E-state index contributed by atoms with van der Waals surface area (Å²) in [6.45, 7) is 0. The Balaban J connectivity index is 1.65. The van der Waals surface area contributed by atoms with Crippen molar-refractivity contribution in [2.45, 2.75) is 18.0 Å². The van der Waals surface area contributed by atoms with Crippen molar-refractivity contribution in [3.05, 3.63) is 58.9 Å². The first kappa shape index (κ1) is 20.5. The van der Waals surface area contributed by atoms with E-state index in [1.54, 1.807) is 17.8 Å². The van der Waals surface area contributed by atoms with Gasteiger partial charge in [0, 0.05) is 12.0 Å². The highest BCUT2D eigenvalue weighted by Crippen LogP contribution is 2.50. The van der Waals surface area contributed by atoms with Crippen molar-refractivity contribution < 1.29 is 24.1 Å². The zero-order valence-corrected chi connectivity index (χ0v) is 18.2. The molecule has 31 heavy (non-hydrogen) atoms. The van der Waals surface area contributed by atoms with Crippen LogP contribution in [0.5, 0.6) is 0 Å². The van der Waals surface area contributed by atoms with Gasteiger partial charge in [0.25, 0.3) is 5.91 Å². The molecule has 2 fully saturated rings. The molecule has 3 aliphatic rings. The number of carbonyl (C=O) groups is 3. The summed E-state index contributed by atoms with van der Waals surface area (Å²) in [6, 6.07) is 10.9. The lowest BCUT2D eigenvalue weighted by Gasteiger charge is -2.26. The predicted molar refractivity (Wildman–Crippen MR) is 116 cm³/mol. The van der Waals surface area contributed by atoms with Crippen molar-refractivity contribution in [2.24, 2.45) is 11.8 Å². The monoisotopic (exact) mass is 460 g/mol. The molecule has 4 atom stereocenters. The molecule has 3 aliphatic heterocycles. The lowest BCUT2D eigenvalue weighted by Crippen LogP contribution is -2.99. The van der Waals surface area contributed by atoms with Crippen LogP contribution < -0.4 is 15.5 Å². The topological polar surface area (TPSA) is 83.1 Å². The molecule has 2 aromatic rings. The van der Waals surface area contributed by atoms with Gasteiger partial charge in [-0.25, -0.2) is 9.29 Å². The molecule has 2 saturated heterocycles.